The first kappa shape index (κ1) is 19.3. The maximum atomic E-state index is 13.6. The first-order valence-corrected chi connectivity index (χ1v) is 11.4. The van der Waals surface area contributed by atoms with Crippen molar-refractivity contribution in [1.29, 1.82) is 0 Å². The third-order valence-corrected chi connectivity index (χ3v) is 6.83. The Morgan fingerprint density at radius 2 is 1.93 bits per heavy atom. The van der Waals surface area contributed by atoms with Crippen molar-refractivity contribution < 1.29 is 4.79 Å². The normalized spacial score (nSPS) is 24.1. The summed E-state index contributed by atoms with van der Waals surface area (Å²) in [6.07, 6.45) is 8.57. The number of nitrogens with zero attached hydrogens (tertiary/aromatic N) is 5. The predicted octanol–water partition coefficient (Wildman–Crippen LogP) is 3.79. The molecule has 1 aromatic carbocycles. The Balaban J connectivity index is 1.47. The fourth-order valence-electron chi connectivity index (χ4n) is 5.29. The molecule has 0 radical (unpaired) electrons. The molecule has 158 valence electrons. The van der Waals surface area contributed by atoms with Crippen molar-refractivity contribution in [3.63, 3.8) is 0 Å². The number of carbonyl (C=O) groups excluding carboxylic acids is 1. The third-order valence-electron chi connectivity index (χ3n) is 6.83. The fourth-order valence-corrected chi connectivity index (χ4v) is 5.29. The third kappa shape index (κ3) is 3.64. The number of likely N-dealkylation sites (tertiary alicyclic amines) is 1. The molecule has 0 N–H and O–H groups in total. The quantitative estimate of drug-likeness (QED) is 0.778. The molecule has 3 aliphatic rings. The molecule has 0 unspecified atom stereocenters. The number of piperidine rings is 2. The van der Waals surface area contributed by atoms with Gasteiger partial charge in [-0.25, -0.2) is 0 Å². The number of benzene rings is 1. The van der Waals surface area contributed by atoms with E-state index >= 15 is 0 Å². The van der Waals surface area contributed by atoms with Gasteiger partial charge in [0.15, 0.2) is 5.82 Å². The van der Waals surface area contributed by atoms with E-state index in [0.717, 1.165) is 50.5 Å². The minimum Gasteiger partial charge on any atom is -0.372 e. The van der Waals surface area contributed by atoms with E-state index < -0.39 is 0 Å². The lowest BCUT2D eigenvalue weighted by molar-refractivity contribution is -0.134. The van der Waals surface area contributed by atoms with Crippen LogP contribution in [0, 0.1) is 5.92 Å². The summed E-state index contributed by atoms with van der Waals surface area (Å²) >= 11 is 0. The van der Waals surface area contributed by atoms with Crippen LogP contribution < -0.4 is 9.80 Å². The van der Waals surface area contributed by atoms with E-state index in [4.69, 9.17) is 0 Å². The lowest BCUT2D eigenvalue weighted by Crippen LogP contribution is -2.49. The zero-order chi connectivity index (χ0) is 20.5. The molecular weight excluding hydrogens is 374 g/mol. The van der Waals surface area contributed by atoms with Crippen LogP contribution in [0.25, 0.3) is 0 Å². The van der Waals surface area contributed by atoms with Gasteiger partial charge in [-0.15, -0.1) is 5.10 Å². The lowest BCUT2D eigenvalue weighted by atomic mass is 9.99. The summed E-state index contributed by atoms with van der Waals surface area (Å²) < 4.78 is 0. The van der Waals surface area contributed by atoms with Crippen LogP contribution >= 0.6 is 0 Å². The molecule has 6 nitrogen and oxygen atoms in total. The summed E-state index contributed by atoms with van der Waals surface area (Å²) in [5, 5.41) is 8.45. The van der Waals surface area contributed by atoms with Gasteiger partial charge >= 0.3 is 0 Å². The molecule has 1 amide bonds. The van der Waals surface area contributed by atoms with Crippen molar-refractivity contribution in [3.8, 4) is 0 Å². The van der Waals surface area contributed by atoms with Crippen LogP contribution in [-0.2, 0) is 11.2 Å². The Morgan fingerprint density at radius 3 is 2.70 bits per heavy atom. The molecule has 1 aromatic heterocycles. The molecule has 0 bridgehead atoms. The molecule has 2 fully saturated rings. The fraction of sp³-hybridized carbons (Fsp3) is 0.542. The molecule has 2 atom stereocenters. The van der Waals surface area contributed by atoms with Gasteiger partial charge in [-0.1, -0.05) is 6.92 Å². The Bertz CT molecular complexity index is 896. The number of fused-ring (bicyclic) bond motifs is 1. The first-order chi connectivity index (χ1) is 14.7. The molecule has 30 heavy (non-hydrogen) atoms. The highest BCUT2D eigenvalue weighted by atomic mass is 16.2. The van der Waals surface area contributed by atoms with Gasteiger partial charge in [0.2, 0.25) is 5.91 Å². The second-order valence-electron chi connectivity index (χ2n) is 9.06. The van der Waals surface area contributed by atoms with E-state index in [2.05, 4.69) is 50.0 Å². The summed E-state index contributed by atoms with van der Waals surface area (Å²) in [6.45, 7) is 6.22. The van der Waals surface area contributed by atoms with E-state index in [0.29, 0.717) is 5.92 Å². The molecule has 0 aliphatic carbocycles. The SMILES string of the molecule is C[C@H]1CCCN(C(=O)[C@H]2Cc3cc(N4CCCCC4)ccc3N2c2cccnn2)C1. The molecule has 3 aliphatic heterocycles. The standard InChI is InChI=1S/C24H31N5O/c1-18-7-6-14-28(17-18)24(30)22-16-19-15-20(27-12-3-2-4-13-27)9-10-21(19)29(22)23-8-5-11-25-26-23/h5,8-11,15,18,22H,2-4,6-7,12-14,16-17H2,1H3/t18-,22+/m0/s1. The summed E-state index contributed by atoms with van der Waals surface area (Å²) in [5.74, 6) is 1.55. The predicted molar refractivity (Wildman–Crippen MR) is 119 cm³/mol. The Hall–Kier alpha value is -2.63. The van der Waals surface area contributed by atoms with E-state index in [9.17, 15) is 4.79 Å². The number of anilines is 3. The highest BCUT2D eigenvalue weighted by molar-refractivity contribution is 5.91. The van der Waals surface area contributed by atoms with Crippen LogP contribution in [0.2, 0.25) is 0 Å². The first-order valence-electron chi connectivity index (χ1n) is 11.4. The van der Waals surface area contributed by atoms with Crippen LogP contribution in [0.5, 0.6) is 0 Å². The highest BCUT2D eigenvalue weighted by Crippen LogP contribution is 2.40. The van der Waals surface area contributed by atoms with E-state index in [1.807, 2.05) is 12.1 Å². The van der Waals surface area contributed by atoms with Crippen LogP contribution in [-0.4, -0.2) is 53.2 Å². The Labute approximate surface area is 178 Å². The van der Waals surface area contributed by atoms with Crippen molar-refractivity contribution in [1.82, 2.24) is 15.1 Å². The van der Waals surface area contributed by atoms with Gasteiger partial charge in [-0.05, 0) is 73.9 Å². The van der Waals surface area contributed by atoms with E-state index in [1.54, 1.807) is 6.20 Å². The number of hydrogen-bond acceptors (Lipinski definition) is 5. The molecule has 4 heterocycles. The second-order valence-corrected chi connectivity index (χ2v) is 9.06. The van der Waals surface area contributed by atoms with Gasteiger partial charge < -0.3 is 14.7 Å². The molecule has 0 spiro atoms. The van der Waals surface area contributed by atoms with Crippen LogP contribution in [0.3, 0.4) is 0 Å². The average Bonchev–Trinajstić information content (AvgIpc) is 3.18. The van der Waals surface area contributed by atoms with Gasteiger partial charge in [0.1, 0.15) is 6.04 Å². The second kappa shape index (κ2) is 8.25. The Kier molecular flexibility index (Phi) is 5.32. The molecule has 5 rings (SSSR count). The van der Waals surface area contributed by atoms with Crippen molar-refractivity contribution in [2.75, 3.05) is 36.0 Å². The molecule has 6 heteroatoms. The smallest absolute Gasteiger partial charge is 0.246 e. The maximum absolute atomic E-state index is 13.6. The molecule has 0 saturated carbocycles. The summed E-state index contributed by atoms with van der Waals surface area (Å²) in [7, 11) is 0. The molecule has 2 aromatic rings. The monoisotopic (exact) mass is 405 g/mol. The van der Waals surface area contributed by atoms with Gasteiger partial charge in [0.05, 0.1) is 0 Å². The van der Waals surface area contributed by atoms with Gasteiger partial charge in [0, 0.05) is 50.2 Å². The van der Waals surface area contributed by atoms with Crippen molar-refractivity contribution in [2.45, 2.75) is 51.5 Å². The number of aromatic nitrogens is 2. The molecule has 2 saturated heterocycles. The van der Waals surface area contributed by atoms with E-state index in [1.165, 1.54) is 36.9 Å². The minimum absolute atomic E-state index is 0.225. The molecular formula is C24H31N5O. The van der Waals surface area contributed by atoms with Gasteiger partial charge in [0.25, 0.3) is 0 Å². The maximum Gasteiger partial charge on any atom is 0.246 e. The van der Waals surface area contributed by atoms with Gasteiger partial charge in [-0.3, -0.25) is 4.79 Å². The average molecular weight is 406 g/mol. The zero-order valence-electron chi connectivity index (χ0n) is 17.8. The van der Waals surface area contributed by atoms with Crippen molar-refractivity contribution in [2.24, 2.45) is 5.92 Å². The summed E-state index contributed by atoms with van der Waals surface area (Å²) in [4.78, 5) is 20.3. The highest BCUT2D eigenvalue weighted by Gasteiger charge is 2.39. The van der Waals surface area contributed by atoms with Crippen LogP contribution in [0.1, 0.15) is 44.6 Å². The number of amides is 1. The van der Waals surface area contributed by atoms with Crippen molar-refractivity contribution >= 4 is 23.1 Å². The number of carbonyl (C=O) groups is 1. The largest absolute Gasteiger partial charge is 0.372 e. The number of rotatable bonds is 3. The van der Waals surface area contributed by atoms with Crippen LogP contribution in [0.15, 0.2) is 36.5 Å². The minimum atomic E-state index is -0.237. The zero-order valence-corrected chi connectivity index (χ0v) is 17.8. The van der Waals surface area contributed by atoms with E-state index in [-0.39, 0.29) is 11.9 Å². The summed E-state index contributed by atoms with van der Waals surface area (Å²) in [5.41, 5.74) is 3.62. The van der Waals surface area contributed by atoms with Crippen LogP contribution in [0.4, 0.5) is 17.2 Å². The lowest BCUT2D eigenvalue weighted by Gasteiger charge is -2.35. The number of hydrogen-bond donors (Lipinski definition) is 0. The summed E-state index contributed by atoms with van der Waals surface area (Å²) in [6, 6.07) is 10.3. The van der Waals surface area contributed by atoms with Crippen molar-refractivity contribution in [3.05, 3.63) is 42.1 Å². The topological polar surface area (TPSA) is 52.6 Å². The van der Waals surface area contributed by atoms with Gasteiger partial charge in [-0.2, -0.15) is 5.10 Å². The Morgan fingerprint density at radius 1 is 1.07 bits per heavy atom.